The molecule has 2 amide bonds. The monoisotopic (exact) mass is 324 g/mol. The molecule has 3 aliphatic rings. The topological polar surface area (TPSA) is 76.2 Å². The number of ether oxygens (including phenoxy) is 2. The molecule has 0 radical (unpaired) electrons. The number of carbonyl (C=O) groups excluding carboxylic acids is 3. The maximum atomic E-state index is 12.7. The molecule has 0 aromatic heterocycles. The molecule has 3 rings (SSSR count). The van der Waals surface area contributed by atoms with Gasteiger partial charge in [0.25, 0.3) is 0 Å². The molecule has 7 nitrogen and oxygen atoms in total. The van der Waals surface area contributed by atoms with E-state index < -0.39 is 29.4 Å². The van der Waals surface area contributed by atoms with Gasteiger partial charge in [-0.2, -0.15) is 0 Å². The third kappa shape index (κ3) is 2.28. The van der Waals surface area contributed by atoms with E-state index in [1.807, 2.05) is 20.8 Å². The summed E-state index contributed by atoms with van der Waals surface area (Å²) in [5.74, 6) is -0.0781. The Kier molecular flexibility index (Phi) is 3.57. The van der Waals surface area contributed by atoms with E-state index in [0.29, 0.717) is 6.42 Å². The number of fused-ring (bicyclic) bond motifs is 3. The van der Waals surface area contributed by atoms with Crippen LogP contribution in [0.1, 0.15) is 47.0 Å². The van der Waals surface area contributed by atoms with Crippen molar-refractivity contribution in [3.8, 4) is 0 Å². The lowest BCUT2D eigenvalue weighted by Gasteiger charge is -2.43. The Morgan fingerprint density at radius 1 is 1.35 bits per heavy atom. The van der Waals surface area contributed by atoms with Gasteiger partial charge in [-0.15, -0.1) is 0 Å². The van der Waals surface area contributed by atoms with E-state index in [1.165, 1.54) is 0 Å². The number of carbonyl (C=O) groups is 3. The predicted octanol–water partition coefficient (Wildman–Crippen LogP) is 1.94. The van der Waals surface area contributed by atoms with E-state index in [9.17, 15) is 14.4 Å². The third-order valence-electron chi connectivity index (χ3n) is 5.11. The zero-order chi connectivity index (χ0) is 17.0. The molecule has 0 saturated carbocycles. The van der Waals surface area contributed by atoms with Gasteiger partial charge in [-0.25, -0.2) is 9.59 Å². The van der Waals surface area contributed by atoms with Crippen molar-refractivity contribution < 1.29 is 23.9 Å². The largest absolute Gasteiger partial charge is 0.450 e. The summed E-state index contributed by atoms with van der Waals surface area (Å²) < 4.78 is 10.8. The molecule has 3 saturated heterocycles. The first-order valence-corrected chi connectivity index (χ1v) is 8.19. The van der Waals surface area contributed by atoms with Crippen LogP contribution in [0.2, 0.25) is 0 Å². The number of hydrogen-bond acceptors (Lipinski definition) is 5. The van der Waals surface area contributed by atoms with E-state index in [2.05, 4.69) is 0 Å². The highest BCUT2D eigenvalue weighted by atomic mass is 16.6. The molecule has 3 heterocycles. The van der Waals surface area contributed by atoms with Crippen LogP contribution in [0.4, 0.5) is 9.59 Å². The lowest BCUT2D eigenvalue weighted by atomic mass is 9.83. The molecule has 3 atom stereocenters. The van der Waals surface area contributed by atoms with E-state index in [-0.39, 0.29) is 31.4 Å². The molecular formula is C16H24N2O5. The SMILES string of the molecule is CCOC(=O)N1[C@H]2CC[C@@H]1[C@]1(CN(C(C)(C)C)C(=O)O1)C(=O)C2. The molecule has 3 fully saturated rings. The summed E-state index contributed by atoms with van der Waals surface area (Å²) in [6.45, 7) is 7.94. The average molecular weight is 324 g/mol. The first kappa shape index (κ1) is 16.1. The van der Waals surface area contributed by atoms with Crippen LogP contribution in [0.15, 0.2) is 0 Å². The van der Waals surface area contributed by atoms with Crippen LogP contribution in [-0.2, 0) is 14.3 Å². The lowest BCUT2D eigenvalue weighted by Crippen LogP contribution is -2.65. The van der Waals surface area contributed by atoms with E-state index in [1.54, 1.807) is 16.7 Å². The van der Waals surface area contributed by atoms with E-state index >= 15 is 0 Å². The molecule has 2 bridgehead atoms. The fourth-order valence-electron chi connectivity index (χ4n) is 3.96. The fourth-order valence-corrected chi connectivity index (χ4v) is 3.96. The van der Waals surface area contributed by atoms with Gasteiger partial charge in [-0.3, -0.25) is 14.6 Å². The van der Waals surface area contributed by atoms with Gasteiger partial charge in [0.1, 0.15) is 0 Å². The highest BCUT2D eigenvalue weighted by Gasteiger charge is 2.65. The number of piperidine rings is 1. The van der Waals surface area contributed by atoms with Crippen LogP contribution < -0.4 is 0 Å². The van der Waals surface area contributed by atoms with Crippen LogP contribution in [-0.4, -0.2) is 64.1 Å². The highest BCUT2D eigenvalue weighted by molar-refractivity contribution is 5.96. The van der Waals surface area contributed by atoms with Gasteiger partial charge in [0, 0.05) is 18.0 Å². The summed E-state index contributed by atoms with van der Waals surface area (Å²) in [6.07, 6.45) is 0.711. The van der Waals surface area contributed by atoms with E-state index in [0.717, 1.165) is 6.42 Å². The van der Waals surface area contributed by atoms with Crippen LogP contribution in [0, 0.1) is 0 Å². The minimum atomic E-state index is -1.25. The smallest absolute Gasteiger partial charge is 0.411 e. The summed E-state index contributed by atoms with van der Waals surface area (Å²) in [4.78, 5) is 40.6. The van der Waals surface area contributed by atoms with Crippen molar-refractivity contribution in [3.63, 3.8) is 0 Å². The Morgan fingerprint density at radius 3 is 2.61 bits per heavy atom. The molecule has 0 aromatic carbocycles. The normalized spacial score (nSPS) is 33.4. The molecule has 7 heteroatoms. The van der Waals surface area contributed by atoms with Gasteiger partial charge in [0.05, 0.1) is 19.2 Å². The van der Waals surface area contributed by atoms with Crippen molar-refractivity contribution in [2.45, 2.75) is 70.2 Å². The second kappa shape index (κ2) is 5.11. The number of rotatable bonds is 1. The second-order valence-electron chi connectivity index (χ2n) is 7.49. The summed E-state index contributed by atoms with van der Waals surface area (Å²) in [5, 5.41) is 0. The third-order valence-corrected chi connectivity index (χ3v) is 5.11. The molecule has 0 N–H and O–H groups in total. The van der Waals surface area contributed by atoms with E-state index in [4.69, 9.17) is 9.47 Å². The molecule has 128 valence electrons. The quantitative estimate of drug-likeness (QED) is 0.737. The lowest BCUT2D eigenvalue weighted by molar-refractivity contribution is -0.145. The van der Waals surface area contributed by atoms with Gasteiger partial charge in [0.15, 0.2) is 5.78 Å². The molecule has 3 aliphatic heterocycles. The highest BCUT2D eigenvalue weighted by Crippen LogP contribution is 2.46. The molecule has 0 unspecified atom stereocenters. The molecule has 0 aromatic rings. The van der Waals surface area contributed by atoms with Crippen molar-refractivity contribution >= 4 is 18.0 Å². The predicted molar refractivity (Wildman–Crippen MR) is 81.0 cm³/mol. The number of hydrogen-bond donors (Lipinski definition) is 0. The maximum Gasteiger partial charge on any atom is 0.411 e. The van der Waals surface area contributed by atoms with Crippen molar-refractivity contribution in [3.05, 3.63) is 0 Å². The Balaban J connectivity index is 1.94. The number of nitrogens with zero attached hydrogens (tertiary/aromatic N) is 2. The van der Waals surface area contributed by atoms with Crippen LogP contribution >= 0.6 is 0 Å². The zero-order valence-electron chi connectivity index (χ0n) is 14.1. The van der Waals surface area contributed by atoms with Crippen LogP contribution in [0.5, 0.6) is 0 Å². The molecule has 0 aliphatic carbocycles. The van der Waals surface area contributed by atoms with Gasteiger partial charge in [-0.05, 0) is 40.5 Å². The van der Waals surface area contributed by atoms with Gasteiger partial charge >= 0.3 is 12.2 Å². The number of Topliss-reactive ketones (excluding diaryl/α,β-unsaturated/α-hetero) is 1. The Hall–Kier alpha value is -1.79. The average Bonchev–Trinajstić information content (AvgIpc) is 2.96. The summed E-state index contributed by atoms with van der Waals surface area (Å²) in [5.41, 5.74) is -1.69. The van der Waals surface area contributed by atoms with Crippen molar-refractivity contribution in [2.75, 3.05) is 13.2 Å². The number of ketones is 1. The van der Waals surface area contributed by atoms with Crippen molar-refractivity contribution in [1.82, 2.24) is 9.80 Å². The zero-order valence-corrected chi connectivity index (χ0v) is 14.1. The standard InChI is InChI=1S/C16H24N2O5/c1-5-22-14(21)18-10-6-7-11(18)16(12(19)8-10)9-17(13(20)23-16)15(2,3)4/h10-11H,5-9H2,1-4H3/t10-,11+,16+/m0/s1. The van der Waals surface area contributed by atoms with Gasteiger partial charge in [-0.1, -0.05) is 0 Å². The maximum absolute atomic E-state index is 12.7. The minimum absolute atomic E-state index is 0.0781. The Labute approximate surface area is 135 Å². The summed E-state index contributed by atoms with van der Waals surface area (Å²) in [6, 6.07) is -0.566. The van der Waals surface area contributed by atoms with Crippen molar-refractivity contribution in [1.29, 1.82) is 0 Å². The van der Waals surface area contributed by atoms with Crippen LogP contribution in [0.25, 0.3) is 0 Å². The minimum Gasteiger partial charge on any atom is -0.450 e. The number of amides is 2. The van der Waals surface area contributed by atoms with Crippen LogP contribution in [0.3, 0.4) is 0 Å². The van der Waals surface area contributed by atoms with Gasteiger partial charge < -0.3 is 9.47 Å². The second-order valence-corrected chi connectivity index (χ2v) is 7.49. The molecular weight excluding hydrogens is 300 g/mol. The van der Waals surface area contributed by atoms with Crippen molar-refractivity contribution in [2.24, 2.45) is 0 Å². The Morgan fingerprint density at radius 2 is 2.04 bits per heavy atom. The van der Waals surface area contributed by atoms with Gasteiger partial charge in [0.2, 0.25) is 5.60 Å². The first-order valence-electron chi connectivity index (χ1n) is 8.19. The first-order chi connectivity index (χ1) is 10.7. The summed E-state index contributed by atoms with van der Waals surface area (Å²) in [7, 11) is 0. The molecule has 23 heavy (non-hydrogen) atoms. The fraction of sp³-hybridized carbons (Fsp3) is 0.812. The molecule has 1 spiro atoms. The summed E-state index contributed by atoms with van der Waals surface area (Å²) >= 11 is 0. The Bertz CT molecular complexity index is 555.